The molecule has 1 aliphatic rings. The third-order valence-corrected chi connectivity index (χ3v) is 7.52. The van der Waals surface area contributed by atoms with E-state index in [9.17, 15) is 21.6 Å². The molecule has 1 aliphatic heterocycles. The van der Waals surface area contributed by atoms with Crippen molar-refractivity contribution in [3.63, 3.8) is 0 Å². The molecule has 1 heterocycles. The first-order valence-electron chi connectivity index (χ1n) is 8.73. The number of thioether (sulfide) groups is 1. The van der Waals surface area contributed by atoms with Gasteiger partial charge < -0.3 is 4.90 Å². The second-order valence-corrected chi connectivity index (χ2v) is 9.55. The molecule has 0 bridgehead atoms. The zero-order valence-corrected chi connectivity index (χ0v) is 16.7. The second kappa shape index (κ2) is 7.42. The van der Waals surface area contributed by atoms with Crippen LogP contribution < -0.4 is 4.90 Å². The van der Waals surface area contributed by atoms with Crippen molar-refractivity contribution in [1.29, 1.82) is 0 Å². The zero-order valence-electron chi connectivity index (χ0n) is 15.1. The molecule has 3 nitrogen and oxygen atoms in total. The van der Waals surface area contributed by atoms with Crippen LogP contribution in [0.25, 0.3) is 0 Å². The highest BCUT2D eigenvalue weighted by Gasteiger charge is 2.32. The van der Waals surface area contributed by atoms with Crippen LogP contribution in [0.5, 0.6) is 0 Å². The van der Waals surface area contributed by atoms with Crippen LogP contribution in [0.1, 0.15) is 11.1 Å². The van der Waals surface area contributed by atoms with Gasteiger partial charge in [-0.3, -0.25) is 0 Å². The number of fused-ring (bicyclic) bond motifs is 1. The van der Waals surface area contributed by atoms with Crippen LogP contribution in [0.15, 0.2) is 87.5 Å². The summed E-state index contributed by atoms with van der Waals surface area (Å²) < 4.78 is 64.2. The number of nitrogens with zero attached hydrogens (tertiary/aromatic N) is 1. The van der Waals surface area contributed by atoms with Crippen LogP contribution in [0, 0.1) is 0 Å². The number of para-hydroxylation sites is 1. The Bertz CT molecular complexity index is 1140. The summed E-state index contributed by atoms with van der Waals surface area (Å²) in [4.78, 5) is 2.99. The molecule has 8 heteroatoms. The lowest BCUT2D eigenvalue weighted by Crippen LogP contribution is -2.18. The molecule has 0 N–H and O–H groups in total. The van der Waals surface area contributed by atoms with E-state index in [0.717, 1.165) is 29.3 Å². The Hall–Kier alpha value is -2.45. The molecule has 0 spiro atoms. The Morgan fingerprint density at radius 2 is 1.62 bits per heavy atom. The van der Waals surface area contributed by atoms with Crippen LogP contribution in [-0.2, 0) is 22.6 Å². The molecule has 0 radical (unpaired) electrons. The van der Waals surface area contributed by atoms with Gasteiger partial charge in [0.05, 0.1) is 26.9 Å². The van der Waals surface area contributed by atoms with E-state index >= 15 is 0 Å². The van der Waals surface area contributed by atoms with Gasteiger partial charge in [-0.2, -0.15) is 13.2 Å². The summed E-state index contributed by atoms with van der Waals surface area (Å²) in [5, 5.41) is 0. The number of alkyl halides is 3. The number of halogens is 3. The van der Waals surface area contributed by atoms with Crippen molar-refractivity contribution in [3.8, 4) is 0 Å². The average Bonchev–Trinajstić information content (AvgIpc) is 3.11. The number of anilines is 1. The molecule has 0 saturated carbocycles. The van der Waals surface area contributed by atoms with Gasteiger partial charge in [0, 0.05) is 11.4 Å². The lowest BCUT2D eigenvalue weighted by Gasteiger charge is -2.18. The molecule has 0 atom stereocenters. The minimum Gasteiger partial charge on any atom is -0.357 e. The first kappa shape index (κ1) is 19.8. The highest BCUT2D eigenvalue weighted by atomic mass is 32.2. The number of rotatable bonds is 4. The fourth-order valence-electron chi connectivity index (χ4n) is 3.16. The summed E-state index contributed by atoms with van der Waals surface area (Å²) in [5.41, 5.74) is 1.07. The molecule has 0 unspecified atom stereocenters. The fourth-order valence-corrected chi connectivity index (χ4v) is 5.51. The number of hydrogen-bond acceptors (Lipinski definition) is 4. The Morgan fingerprint density at radius 3 is 2.34 bits per heavy atom. The van der Waals surface area contributed by atoms with E-state index in [-0.39, 0.29) is 9.79 Å². The third kappa shape index (κ3) is 4.00. The molecule has 3 aromatic carbocycles. The number of hydrogen-bond donors (Lipinski definition) is 0. The summed E-state index contributed by atoms with van der Waals surface area (Å²) in [5.74, 6) is 0.809. The molecule has 150 valence electrons. The standard InChI is InChI=1S/C21H16F3NO2S2/c22-21(23,24)16-4-3-5-18(12-16)29(26,27)17-10-8-15(9-11-17)13-25-14-28-20-7-2-1-6-19(20)25/h1-12H,13-14H2. The maximum Gasteiger partial charge on any atom is 0.416 e. The minimum atomic E-state index is -4.60. The third-order valence-electron chi connectivity index (χ3n) is 4.66. The number of sulfone groups is 1. The summed E-state index contributed by atoms with van der Waals surface area (Å²) in [6.45, 7) is 0.619. The molecular weight excluding hydrogens is 419 g/mol. The van der Waals surface area contributed by atoms with E-state index in [1.165, 1.54) is 23.1 Å². The Kier molecular flexibility index (Phi) is 5.08. The predicted octanol–water partition coefficient (Wildman–Crippen LogP) is 5.61. The van der Waals surface area contributed by atoms with Crippen molar-refractivity contribution in [3.05, 3.63) is 83.9 Å². The van der Waals surface area contributed by atoms with E-state index < -0.39 is 21.6 Å². The molecule has 29 heavy (non-hydrogen) atoms. The van der Waals surface area contributed by atoms with Crippen molar-refractivity contribution < 1.29 is 21.6 Å². The second-order valence-electron chi connectivity index (χ2n) is 6.61. The molecule has 0 saturated heterocycles. The summed E-state index contributed by atoms with van der Waals surface area (Å²) in [6, 6.07) is 18.2. The number of benzene rings is 3. The first-order valence-corrected chi connectivity index (χ1v) is 11.2. The van der Waals surface area contributed by atoms with Gasteiger partial charge in [-0.25, -0.2) is 8.42 Å². The molecule has 0 aromatic heterocycles. The smallest absolute Gasteiger partial charge is 0.357 e. The van der Waals surface area contributed by atoms with Crippen molar-refractivity contribution in [2.75, 3.05) is 10.8 Å². The van der Waals surface area contributed by atoms with Gasteiger partial charge in [-0.05, 0) is 48.0 Å². The van der Waals surface area contributed by atoms with Crippen LogP contribution in [0.2, 0.25) is 0 Å². The van der Waals surface area contributed by atoms with E-state index in [1.807, 2.05) is 18.2 Å². The molecule has 0 aliphatic carbocycles. The van der Waals surface area contributed by atoms with Crippen LogP contribution >= 0.6 is 11.8 Å². The van der Waals surface area contributed by atoms with Gasteiger partial charge in [-0.1, -0.05) is 30.3 Å². The average molecular weight is 435 g/mol. The van der Waals surface area contributed by atoms with Crippen LogP contribution in [0.3, 0.4) is 0 Å². The van der Waals surface area contributed by atoms with E-state index in [0.29, 0.717) is 12.6 Å². The minimum absolute atomic E-state index is 0.0308. The van der Waals surface area contributed by atoms with Crippen molar-refractivity contribution in [1.82, 2.24) is 0 Å². The Labute approximate surface area is 171 Å². The molecule has 0 fully saturated rings. The molecular formula is C21H16F3NO2S2. The van der Waals surface area contributed by atoms with E-state index in [4.69, 9.17) is 0 Å². The maximum absolute atomic E-state index is 12.9. The lowest BCUT2D eigenvalue weighted by molar-refractivity contribution is -0.137. The van der Waals surface area contributed by atoms with Gasteiger partial charge >= 0.3 is 6.18 Å². The van der Waals surface area contributed by atoms with Crippen molar-refractivity contribution >= 4 is 27.3 Å². The lowest BCUT2D eigenvalue weighted by atomic mass is 10.2. The fraction of sp³-hybridized carbons (Fsp3) is 0.143. The Balaban J connectivity index is 1.56. The summed E-state index contributed by atoms with van der Waals surface area (Å²) in [6.07, 6.45) is -4.60. The quantitative estimate of drug-likeness (QED) is 0.534. The van der Waals surface area contributed by atoms with Crippen molar-refractivity contribution in [2.24, 2.45) is 0 Å². The van der Waals surface area contributed by atoms with E-state index in [2.05, 4.69) is 11.0 Å². The largest absolute Gasteiger partial charge is 0.416 e. The molecule has 0 amide bonds. The van der Waals surface area contributed by atoms with Gasteiger partial charge in [-0.15, -0.1) is 11.8 Å². The van der Waals surface area contributed by atoms with Crippen LogP contribution in [-0.4, -0.2) is 14.3 Å². The molecule has 3 aromatic rings. The summed E-state index contributed by atoms with van der Waals surface area (Å²) in [7, 11) is -4.03. The summed E-state index contributed by atoms with van der Waals surface area (Å²) >= 11 is 1.74. The SMILES string of the molecule is O=S(=O)(c1ccc(CN2CSc3ccccc32)cc1)c1cccc(C(F)(F)F)c1. The first-order chi connectivity index (χ1) is 13.7. The van der Waals surface area contributed by atoms with Gasteiger partial charge in [0.2, 0.25) is 9.84 Å². The predicted molar refractivity (Wildman–Crippen MR) is 107 cm³/mol. The molecule has 4 rings (SSSR count). The van der Waals surface area contributed by atoms with Gasteiger partial charge in [0.1, 0.15) is 0 Å². The zero-order chi connectivity index (χ0) is 20.6. The van der Waals surface area contributed by atoms with Crippen LogP contribution in [0.4, 0.5) is 18.9 Å². The topological polar surface area (TPSA) is 37.4 Å². The van der Waals surface area contributed by atoms with Gasteiger partial charge in [0.15, 0.2) is 0 Å². The van der Waals surface area contributed by atoms with Crippen molar-refractivity contribution in [2.45, 2.75) is 27.4 Å². The normalized spacial score (nSPS) is 14.1. The Morgan fingerprint density at radius 1 is 0.897 bits per heavy atom. The van der Waals surface area contributed by atoms with E-state index in [1.54, 1.807) is 23.9 Å². The monoisotopic (exact) mass is 435 g/mol. The maximum atomic E-state index is 12.9. The van der Waals surface area contributed by atoms with Gasteiger partial charge in [0.25, 0.3) is 0 Å². The highest BCUT2D eigenvalue weighted by molar-refractivity contribution is 7.99. The highest BCUT2D eigenvalue weighted by Crippen LogP contribution is 2.39.